The van der Waals surface area contributed by atoms with Crippen LogP contribution in [0, 0.1) is 6.92 Å². The summed E-state index contributed by atoms with van der Waals surface area (Å²) in [7, 11) is 2.11. The molecule has 0 unspecified atom stereocenters. The van der Waals surface area contributed by atoms with Crippen LogP contribution < -0.4 is 0 Å². The Labute approximate surface area is 126 Å². The first-order chi connectivity index (χ1) is 9.99. The molecule has 0 atom stereocenters. The molecule has 0 N–H and O–H groups in total. The zero-order valence-corrected chi connectivity index (χ0v) is 13.2. The monoisotopic (exact) mass is 280 g/mol. The minimum Gasteiger partial charge on any atom is -0.437 e. The maximum Gasteiger partial charge on any atom is 0.371 e. The molecule has 1 heterocycles. The van der Waals surface area contributed by atoms with Crippen molar-refractivity contribution in [2.75, 3.05) is 13.7 Å². The maximum absolute atomic E-state index is 6.00. The van der Waals surface area contributed by atoms with Crippen molar-refractivity contribution in [1.29, 1.82) is 0 Å². The average molecular weight is 280 g/mol. The van der Waals surface area contributed by atoms with Gasteiger partial charge >= 0.3 is 5.90 Å². The van der Waals surface area contributed by atoms with Crippen LogP contribution in [-0.2, 0) is 4.74 Å². The summed E-state index contributed by atoms with van der Waals surface area (Å²) >= 11 is 0. The number of hydrogen-bond donors (Lipinski definition) is 0. The van der Waals surface area contributed by atoms with Gasteiger partial charge in [0.25, 0.3) is 0 Å². The SMILES string of the molecule is Cc1ccc(-c2ccccc2C2=[N+](C)C(C)(C)CO2)cc1. The van der Waals surface area contributed by atoms with Gasteiger partial charge in [-0.15, -0.1) is 0 Å². The van der Waals surface area contributed by atoms with Crippen LogP contribution in [0.25, 0.3) is 11.1 Å². The molecule has 2 aromatic carbocycles. The number of nitrogens with zero attached hydrogens (tertiary/aromatic N) is 1. The lowest BCUT2D eigenvalue weighted by Crippen LogP contribution is -2.33. The third-order valence-corrected chi connectivity index (χ3v) is 4.29. The standard InChI is InChI=1S/C19H22NO/c1-14-9-11-15(12-10-14)16-7-5-6-8-17(16)18-20(4)19(2,3)13-21-18/h5-12H,13H2,1-4H3/q+1. The van der Waals surface area contributed by atoms with E-state index in [1.54, 1.807) is 0 Å². The Hall–Kier alpha value is -2.09. The van der Waals surface area contributed by atoms with Gasteiger partial charge in [-0.1, -0.05) is 48.0 Å². The van der Waals surface area contributed by atoms with Gasteiger partial charge in [-0.2, -0.15) is 4.58 Å². The van der Waals surface area contributed by atoms with Crippen molar-refractivity contribution in [3.63, 3.8) is 0 Å². The molecule has 3 rings (SSSR count). The first-order valence-electron chi connectivity index (χ1n) is 7.39. The van der Waals surface area contributed by atoms with E-state index >= 15 is 0 Å². The second-order valence-electron chi connectivity index (χ2n) is 6.38. The van der Waals surface area contributed by atoms with Gasteiger partial charge in [0.15, 0.2) is 12.1 Å². The highest BCUT2D eigenvalue weighted by Gasteiger charge is 2.40. The minimum absolute atomic E-state index is 0.0374. The van der Waals surface area contributed by atoms with Crippen LogP contribution in [0.15, 0.2) is 48.5 Å². The first-order valence-corrected chi connectivity index (χ1v) is 7.39. The quantitative estimate of drug-likeness (QED) is 0.761. The van der Waals surface area contributed by atoms with Gasteiger partial charge in [0.1, 0.15) is 7.05 Å². The van der Waals surface area contributed by atoms with Gasteiger partial charge in [0.2, 0.25) is 0 Å². The summed E-state index contributed by atoms with van der Waals surface area (Å²) < 4.78 is 8.23. The third kappa shape index (κ3) is 2.46. The molecule has 0 amide bonds. The van der Waals surface area contributed by atoms with Crippen LogP contribution in [0.4, 0.5) is 0 Å². The summed E-state index contributed by atoms with van der Waals surface area (Å²) in [6.45, 7) is 7.24. The lowest BCUT2D eigenvalue weighted by molar-refractivity contribution is -0.562. The molecule has 0 aliphatic carbocycles. The van der Waals surface area contributed by atoms with Crippen LogP contribution in [0.3, 0.4) is 0 Å². The van der Waals surface area contributed by atoms with Crippen molar-refractivity contribution in [2.24, 2.45) is 0 Å². The van der Waals surface area contributed by atoms with Gasteiger partial charge in [-0.25, -0.2) is 0 Å². The van der Waals surface area contributed by atoms with Crippen molar-refractivity contribution < 1.29 is 9.31 Å². The van der Waals surface area contributed by atoms with Crippen LogP contribution in [0.5, 0.6) is 0 Å². The fourth-order valence-corrected chi connectivity index (χ4v) is 2.63. The topological polar surface area (TPSA) is 12.2 Å². The van der Waals surface area contributed by atoms with Gasteiger partial charge < -0.3 is 4.74 Å². The van der Waals surface area contributed by atoms with Gasteiger partial charge in [0, 0.05) is 13.8 Å². The fraction of sp³-hybridized carbons (Fsp3) is 0.316. The largest absolute Gasteiger partial charge is 0.437 e. The number of benzene rings is 2. The molecule has 2 nitrogen and oxygen atoms in total. The Kier molecular flexibility index (Phi) is 3.32. The summed E-state index contributed by atoms with van der Waals surface area (Å²) in [5.41, 5.74) is 4.92. The van der Waals surface area contributed by atoms with E-state index in [0.29, 0.717) is 0 Å². The van der Waals surface area contributed by atoms with Crippen molar-refractivity contribution >= 4 is 5.90 Å². The number of hydrogen-bond acceptors (Lipinski definition) is 1. The van der Waals surface area contributed by atoms with Crippen molar-refractivity contribution in [3.05, 3.63) is 59.7 Å². The molecule has 2 aromatic rings. The highest BCUT2D eigenvalue weighted by Crippen LogP contribution is 2.28. The maximum atomic E-state index is 6.00. The Bertz CT molecular complexity index is 696. The van der Waals surface area contributed by atoms with Gasteiger partial charge in [0.05, 0.1) is 5.56 Å². The lowest BCUT2D eigenvalue weighted by Gasteiger charge is -2.10. The molecule has 0 fully saturated rings. The second-order valence-corrected chi connectivity index (χ2v) is 6.38. The summed E-state index contributed by atoms with van der Waals surface area (Å²) in [4.78, 5) is 0. The zero-order chi connectivity index (χ0) is 15.0. The molecule has 0 aromatic heterocycles. The highest BCUT2D eigenvalue weighted by molar-refractivity contribution is 5.98. The zero-order valence-electron chi connectivity index (χ0n) is 13.2. The highest BCUT2D eigenvalue weighted by atomic mass is 16.5. The number of likely N-dealkylation sites (N-methyl/N-ethyl adjacent to an activating group) is 1. The molecule has 1 aliphatic heterocycles. The summed E-state index contributed by atoms with van der Waals surface area (Å²) in [5.74, 6) is 0.969. The molecule has 0 saturated heterocycles. The Morgan fingerprint density at radius 3 is 2.14 bits per heavy atom. The smallest absolute Gasteiger partial charge is 0.371 e. The molecule has 0 radical (unpaired) electrons. The Balaban J connectivity index is 2.14. The predicted octanol–water partition coefficient (Wildman–Crippen LogP) is 3.86. The van der Waals surface area contributed by atoms with Crippen LogP contribution in [-0.4, -0.2) is 29.7 Å². The molecule has 2 heteroatoms. The fourth-order valence-electron chi connectivity index (χ4n) is 2.63. The van der Waals surface area contributed by atoms with E-state index in [-0.39, 0.29) is 5.54 Å². The van der Waals surface area contributed by atoms with E-state index in [4.69, 9.17) is 4.74 Å². The summed E-state index contributed by atoms with van der Waals surface area (Å²) in [5, 5.41) is 0. The number of rotatable bonds is 2. The minimum atomic E-state index is 0.0374. The van der Waals surface area contributed by atoms with Crippen LogP contribution >= 0.6 is 0 Å². The van der Waals surface area contributed by atoms with Crippen molar-refractivity contribution in [3.8, 4) is 11.1 Å². The third-order valence-electron chi connectivity index (χ3n) is 4.29. The van der Waals surface area contributed by atoms with E-state index < -0.39 is 0 Å². The van der Waals surface area contributed by atoms with E-state index in [1.807, 2.05) is 0 Å². The number of ether oxygens (including phenoxy) is 1. The summed E-state index contributed by atoms with van der Waals surface area (Å²) in [6, 6.07) is 17.1. The molecule has 21 heavy (non-hydrogen) atoms. The predicted molar refractivity (Wildman–Crippen MR) is 86.9 cm³/mol. The average Bonchev–Trinajstić information content (AvgIpc) is 2.74. The first kappa shape index (κ1) is 13.9. The number of aryl methyl sites for hydroxylation is 1. The molecule has 0 saturated carbocycles. The normalized spacial score (nSPS) is 17.0. The molecule has 0 bridgehead atoms. The van der Waals surface area contributed by atoms with Crippen molar-refractivity contribution in [2.45, 2.75) is 26.3 Å². The molecular formula is C19H22NO+. The summed E-state index contributed by atoms with van der Waals surface area (Å²) in [6.07, 6.45) is 0. The van der Waals surface area contributed by atoms with Crippen LogP contribution in [0.2, 0.25) is 0 Å². The van der Waals surface area contributed by atoms with Crippen molar-refractivity contribution in [1.82, 2.24) is 0 Å². The molecular weight excluding hydrogens is 258 g/mol. The lowest BCUT2D eigenvalue weighted by atomic mass is 9.98. The molecule has 0 spiro atoms. The molecule has 108 valence electrons. The molecule has 1 aliphatic rings. The van der Waals surface area contributed by atoms with Gasteiger partial charge in [-0.05, 0) is 24.1 Å². The Morgan fingerprint density at radius 2 is 1.57 bits per heavy atom. The second kappa shape index (κ2) is 5.03. The van der Waals surface area contributed by atoms with E-state index in [0.717, 1.165) is 18.1 Å². The van der Waals surface area contributed by atoms with Crippen LogP contribution in [0.1, 0.15) is 25.0 Å². The van der Waals surface area contributed by atoms with E-state index in [1.165, 1.54) is 16.7 Å². The van der Waals surface area contributed by atoms with E-state index in [2.05, 4.69) is 80.9 Å². The van der Waals surface area contributed by atoms with E-state index in [9.17, 15) is 0 Å². The Morgan fingerprint density at radius 1 is 0.952 bits per heavy atom. The van der Waals surface area contributed by atoms with Gasteiger partial charge in [-0.3, -0.25) is 0 Å².